The largest absolute Gasteiger partial charge is 0.343 e. The van der Waals surface area contributed by atoms with Gasteiger partial charge in [-0.25, -0.2) is 9.07 Å². The number of nitrogens with two attached hydrogens (primary N) is 1. The summed E-state index contributed by atoms with van der Waals surface area (Å²) in [6.45, 7) is 1.87. The Hall–Kier alpha value is -2.21. The molecular weight excluding hydrogens is 271 g/mol. The smallest absolute Gasteiger partial charge is 0.273 e. The SMILES string of the molecule is CC(N)Cc1ccc(-n2ccc(C(=O)N(C)C)n2)c(F)c1. The molecule has 1 aromatic carbocycles. The van der Waals surface area contributed by atoms with Crippen LogP contribution >= 0.6 is 0 Å². The Morgan fingerprint density at radius 1 is 1.43 bits per heavy atom. The molecule has 0 radical (unpaired) electrons. The van der Waals surface area contributed by atoms with Gasteiger partial charge in [0.15, 0.2) is 5.69 Å². The normalized spacial score (nSPS) is 12.2. The minimum atomic E-state index is -0.389. The van der Waals surface area contributed by atoms with Crippen LogP contribution in [-0.4, -0.2) is 40.7 Å². The fraction of sp³-hybridized carbons (Fsp3) is 0.333. The fourth-order valence-electron chi connectivity index (χ4n) is 2.04. The van der Waals surface area contributed by atoms with Crippen LogP contribution in [0.25, 0.3) is 5.69 Å². The first kappa shape index (κ1) is 15.2. The second-order valence-corrected chi connectivity index (χ2v) is 5.31. The number of carbonyl (C=O) groups excluding carboxylic acids is 1. The molecule has 0 aliphatic rings. The summed E-state index contributed by atoms with van der Waals surface area (Å²) in [6, 6.07) is 6.45. The van der Waals surface area contributed by atoms with Crippen molar-refractivity contribution in [3.8, 4) is 5.69 Å². The molecule has 2 rings (SSSR count). The first-order valence-corrected chi connectivity index (χ1v) is 6.70. The Morgan fingerprint density at radius 2 is 2.14 bits per heavy atom. The van der Waals surface area contributed by atoms with E-state index in [-0.39, 0.29) is 23.5 Å². The van der Waals surface area contributed by atoms with Crippen LogP contribution in [0, 0.1) is 5.82 Å². The maximum atomic E-state index is 14.2. The van der Waals surface area contributed by atoms with Crippen molar-refractivity contribution < 1.29 is 9.18 Å². The van der Waals surface area contributed by atoms with Crippen LogP contribution in [0.4, 0.5) is 4.39 Å². The van der Waals surface area contributed by atoms with Crippen LogP contribution in [0.1, 0.15) is 23.0 Å². The predicted molar refractivity (Wildman–Crippen MR) is 78.9 cm³/mol. The number of carbonyl (C=O) groups is 1. The molecule has 0 spiro atoms. The molecule has 0 bridgehead atoms. The van der Waals surface area contributed by atoms with Gasteiger partial charge in [0.25, 0.3) is 5.91 Å². The minimum absolute atomic E-state index is 0.0238. The molecule has 0 aliphatic heterocycles. The molecule has 0 aliphatic carbocycles. The molecule has 1 unspecified atom stereocenters. The zero-order chi connectivity index (χ0) is 15.6. The lowest BCUT2D eigenvalue weighted by atomic mass is 10.1. The average molecular weight is 290 g/mol. The molecule has 2 aromatic rings. The van der Waals surface area contributed by atoms with E-state index in [4.69, 9.17) is 5.73 Å². The number of nitrogens with zero attached hydrogens (tertiary/aromatic N) is 3. The van der Waals surface area contributed by atoms with Gasteiger partial charge in [-0.2, -0.15) is 5.10 Å². The number of aromatic nitrogens is 2. The standard InChI is InChI=1S/C15H19FN4O/c1-10(17)8-11-4-5-14(12(16)9-11)20-7-6-13(18-20)15(21)19(2)3/h4-7,9-10H,8,17H2,1-3H3. The molecule has 21 heavy (non-hydrogen) atoms. The molecule has 1 atom stereocenters. The third-order valence-electron chi connectivity index (χ3n) is 3.03. The lowest BCUT2D eigenvalue weighted by Gasteiger charge is -2.09. The second-order valence-electron chi connectivity index (χ2n) is 5.31. The topological polar surface area (TPSA) is 64.2 Å². The Morgan fingerprint density at radius 3 is 2.71 bits per heavy atom. The lowest BCUT2D eigenvalue weighted by Crippen LogP contribution is -2.22. The highest BCUT2D eigenvalue weighted by atomic mass is 19.1. The van der Waals surface area contributed by atoms with Gasteiger partial charge in [0.05, 0.1) is 0 Å². The number of rotatable bonds is 4. The molecule has 112 valence electrons. The number of amides is 1. The van der Waals surface area contributed by atoms with Gasteiger partial charge in [-0.15, -0.1) is 0 Å². The predicted octanol–water partition coefficient (Wildman–Crippen LogP) is 1.60. The monoisotopic (exact) mass is 290 g/mol. The second kappa shape index (κ2) is 6.05. The Kier molecular flexibility index (Phi) is 4.37. The van der Waals surface area contributed by atoms with Crippen molar-refractivity contribution in [2.75, 3.05) is 14.1 Å². The summed E-state index contributed by atoms with van der Waals surface area (Å²) >= 11 is 0. The molecule has 1 aromatic heterocycles. The molecule has 2 N–H and O–H groups in total. The third-order valence-corrected chi connectivity index (χ3v) is 3.03. The summed E-state index contributed by atoms with van der Waals surface area (Å²) < 4.78 is 15.5. The van der Waals surface area contributed by atoms with Crippen LogP contribution in [-0.2, 0) is 6.42 Å². The van der Waals surface area contributed by atoms with E-state index in [9.17, 15) is 9.18 Å². The first-order chi connectivity index (χ1) is 9.88. The lowest BCUT2D eigenvalue weighted by molar-refractivity contribution is 0.0821. The van der Waals surface area contributed by atoms with E-state index in [1.165, 1.54) is 15.6 Å². The number of halogens is 1. The highest BCUT2D eigenvalue weighted by Crippen LogP contribution is 2.16. The van der Waals surface area contributed by atoms with E-state index in [1.54, 1.807) is 32.4 Å². The average Bonchev–Trinajstić information content (AvgIpc) is 2.86. The van der Waals surface area contributed by atoms with Crippen molar-refractivity contribution in [1.29, 1.82) is 0 Å². The van der Waals surface area contributed by atoms with Gasteiger partial charge in [0, 0.05) is 26.3 Å². The van der Waals surface area contributed by atoms with E-state index < -0.39 is 0 Å². The van der Waals surface area contributed by atoms with Crippen LogP contribution in [0.15, 0.2) is 30.5 Å². The van der Waals surface area contributed by atoms with Crippen LogP contribution in [0.3, 0.4) is 0 Å². The van der Waals surface area contributed by atoms with Gasteiger partial charge in [-0.05, 0) is 37.1 Å². The van der Waals surface area contributed by atoms with Crippen molar-refractivity contribution in [1.82, 2.24) is 14.7 Å². The highest BCUT2D eigenvalue weighted by molar-refractivity contribution is 5.91. The molecule has 6 heteroatoms. The Labute approximate surface area is 123 Å². The Balaban J connectivity index is 2.28. The summed E-state index contributed by atoms with van der Waals surface area (Å²) in [5.74, 6) is -0.608. The van der Waals surface area contributed by atoms with Gasteiger partial charge in [0.2, 0.25) is 0 Å². The molecule has 1 amide bonds. The van der Waals surface area contributed by atoms with Crippen molar-refractivity contribution in [2.24, 2.45) is 5.73 Å². The van der Waals surface area contributed by atoms with Gasteiger partial charge in [-0.1, -0.05) is 6.07 Å². The molecule has 0 fully saturated rings. The van der Waals surface area contributed by atoms with Crippen LogP contribution < -0.4 is 5.73 Å². The maximum absolute atomic E-state index is 14.2. The van der Waals surface area contributed by atoms with Crippen molar-refractivity contribution in [2.45, 2.75) is 19.4 Å². The maximum Gasteiger partial charge on any atom is 0.273 e. The summed E-state index contributed by atoms with van der Waals surface area (Å²) in [6.07, 6.45) is 2.18. The van der Waals surface area contributed by atoms with E-state index in [1.807, 2.05) is 13.0 Å². The summed E-state index contributed by atoms with van der Waals surface area (Å²) in [5.41, 5.74) is 7.13. The quantitative estimate of drug-likeness (QED) is 0.930. The van der Waals surface area contributed by atoms with E-state index in [2.05, 4.69) is 5.10 Å². The van der Waals surface area contributed by atoms with Gasteiger partial charge in [0.1, 0.15) is 11.5 Å². The molecular formula is C15H19FN4O. The first-order valence-electron chi connectivity index (χ1n) is 6.70. The summed E-state index contributed by atoms with van der Waals surface area (Å²) in [7, 11) is 3.29. The van der Waals surface area contributed by atoms with Crippen molar-refractivity contribution >= 4 is 5.91 Å². The Bertz CT molecular complexity index is 649. The summed E-state index contributed by atoms with van der Waals surface area (Å²) in [4.78, 5) is 13.2. The van der Waals surface area contributed by atoms with Crippen LogP contribution in [0.2, 0.25) is 0 Å². The van der Waals surface area contributed by atoms with E-state index >= 15 is 0 Å². The molecule has 0 saturated carbocycles. The zero-order valence-corrected chi connectivity index (χ0v) is 12.4. The van der Waals surface area contributed by atoms with E-state index in [0.717, 1.165) is 5.56 Å². The van der Waals surface area contributed by atoms with Crippen molar-refractivity contribution in [3.05, 3.63) is 47.5 Å². The molecule has 1 heterocycles. The summed E-state index contributed by atoms with van der Waals surface area (Å²) in [5, 5.41) is 4.11. The number of hydrogen-bond acceptors (Lipinski definition) is 3. The van der Waals surface area contributed by atoms with Gasteiger partial charge in [-0.3, -0.25) is 4.79 Å². The van der Waals surface area contributed by atoms with Gasteiger partial charge >= 0.3 is 0 Å². The third kappa shape index (κ3) is 3.46. The molecule has 0 saturated heterocycles. The fourth-order valence-corrected chi connectivity index (χ4v) is 2.04. The van der Waals surface area contributed by atoms with E-state index in [0.29, 0.717) is 12.1 Å². The van der Waals surface area contributed by atoms with Crippen LogP contribution in [0.5, 0.6) is 0 Å². The molecule has 5 nitrogen and oxygen atoms in total. The van der Waals surface area contributed by atoms with Gasteiger partial charge < -0.3 is 10.6 Å². The highest BCUT2D eigenvalue weighted by Gasteiger charge is 2.14. The van der Waals surface area contributed by atoms with Crippen molar-refractivity contribution in [3.63, 3.8) is 0 Å². The minimum Gasteiger partial charge on any atom is -0.343 e. The number of benzene rings is 1. The number of hydrogen-bond donors (Lipinski definition) is 1. The zero-order valence-electron chi connectivity index (χ0n) is 12.4.